The third-order valence-electron chi connectivity index (χ3n) is 3.65. The molecular weight excluding hydrogens is 232 g/mol. The fourth-order valence-corrected chi connectivity index (χ4v) is 2.70. The minimum Gasteiger partial charge on any atom is -0.370 e. The molecule has 0 amide bonds. The lowest BCUT2D eigenvalue weighted by atomic mass is 10.1. The Balaban J connectivity index is 2.13. The Morgan fingerprint density at radius 1 is 1.41 bits per heavy atom. The maximum absolute atomic E-state index is 5.86. The Morgan fingerprint density at radius 3 is 2.71 bits per heavy atom. The van der Waals surface area contributed by atoms with Crippen molar-refractivity contribution in [2.45, 2.75) is 25.3 Å². The standard InChI is InChI=1S/C14H21ClN2/c1-11-8-12(9-15)4-5-14(11)17-7-6-13(10-17)16(2)3/h4-5,8,13H,6-7,9-10H2,1-3H3. The van der Waals surface area contributed by atoms with Crippen molar-refractivity contribution in [2.75, 3.05) is 32.1 Å². The van der Waals surface area contributed by atoms with Gasteiger partial charge in [-0.15, -0.1) is 11.6 Å². The highest BCUT2D eigenvalue weighted by Gasteiger charge is 2.24. The molecule has 1 aliphatic rings. The van der Waals surface area contributed by atoms with Gasteiger partial charge in [0.05, 0.1) is 0 Å². The van der Waals surface area contributed by atoms with E-state index in [0.717, 1.165) is 13.1 Å². The molecule has 1 fully saturated rings. The fraction of sp³-hybridized carbons (Fsp3) is 0.571. The summed E-state index contributed by atoms with van der Waals surface area (Å²) in [6, 6.07) is 7.23. The SMILES string of the molecule is Cc1cc(CCl)ccc1N1CCC(N(C)C)C1. The van der Waals surface area contributed by atoms with Crippen LogP contribution in [0.15, 0.2) is 18.2 Å². The highest BCUT2D eigenvalue weighted by molar-refractivity contribution is 6.17. The van der Waals surface area contributed by atoms with Crippen LogP contribution in [0.25, 0.3) is 0 Å². The minimum atomic E-state index is 0.599. The molecule has 1 aliphatic heterocycles. The topological polar surface area (TPSA) is 6.48 Å². The minimum absolute atomic E-state index is 0.599. The van der Waals surface area contributed by atoms with Crippen LogP contribution < -0.4 is 4.90 Å². The summed E-state index contributed by atoms with van der Waals surface area (Å²) in [5.74, 6) is 0.599. The van der Waals surface area contributed by atoms with Gasteiger partial charge in [0, 0.05) is 30.7 Å². The van der Waals surface area contributed by atoms with Gasteiger partial charge < -0.3 is 9.80 Å². The maximum Gasteiger partial charge on any atom is 0.0474 e. The van der Waals surface area contributed by atoms with E-state index in [4.69, 9.17) is 11.6 Å². The second-order valence-corrected chi connectivity index (χ2v) is 5.37. The molecule has 1 saturated heterocycles. The predicted octanol–water partition coefficient (Wildman–Crippen LogP) is 2.87. The summed E-state index contributed by atoms with van der Waals surface area (Å²) in [6.45, 7) is 4.46. The Morgan fingerprint density at radius 2 is 2.18 bits per heavy atom. The molecule has 2 nitrogen and oxygen atoms in total. The van der Waals surface area contributed by atoms with E-state index >= 15 is 0 Å². The molecule has 1 aromatic rings. The fourth-order valence-electron chi connectivity index (χ4n) is 2.54. The first-order valence-corrected chi connectivity index (χ1v) is 6.72. The number of alkyl halides is 1. The number of nitrogens with zero attached hydrogens (tertiary/aromatic N) is 2. The zero-order valence-corrected chi connectivity index (χ0v) is 11.7. The molecular formula is C14H21ClN2. The number of hydrogen-bond donors (Lipinski definition) is 0. The number of anilines is 1. The van der Waals surface area contributed by atoms with Crippen molar-refractivity contribution in [2.24, 2.45) is 0 Å². The van der Waals surface area contributed by atoms with Crippen LogP contribution in [-0.4, -0.2) is 38.1 Å². The first-order chi connectivity index (χ1) is 8.11. The molecule has 2 rings (SSSR count). The lowest BCUT2D eigenvalue weighted by molar-refractivity contribution is 0.315. The molecule has 0 bridgehead atoms. The molecule has 1 unspecified atom stereocenters. The van der Waals surface area contributed by atoms with Crippen LogP contribution in [0.5, 0.6) is 0 Å². The van der Waals surface area contributed by atoms with Gasteiger partial charge >= 0.3 is 0 Å². The summed E-state index contributed by atoms with van der Waals surface area (Å²) < 4.78 is 0. The van der Waals surface area contributed by atoms with Crippen LogP contribution >= 0.6 is 11.6 Å². The molecule has 0 radical (unpaired) electrons. The Bertz CT molecular complexity index is 390. The zero-order valence-electron chi connectivity index (χ0n) is 10.9. The van der Waals surface area contributed by atoms with E-state index in [0.29, 0.717) is 11.9 Å². The van der Waals surface area contributed by atoms with Gasteiger partial charge in [-0.2, -0.15) is 0 Å². The van der Waals surface area contributed by atoms with E-state index in [2.05, 4.69) is 49.0 Å². The summed E-state index contributed by atoms with van der Waals surface area (Å²) in [6.07, 6.45) is 1.25. The third-order valence-corrected chi connectivity index (χ3v) is 3.96. The van der Waals surface area contributed by atoms with Crippen molar-refractivity contribution in [3.8, 4) is 0 Å². The van der Waals surface area contributed by atoms with Crippen LogP contribution in [-0.2, 0) is 5.88 Å². The van der Waals surface area contributed by atoms with Crippen LogP contribution in [0.4, 0.5) is 5.69 Å². The van der Waals surface area contributed by atoms with E-state index in [-0.39, 0.29) is 0 Å². The smallest absolute Gasteiger partial charge is 0.0474 e. The quantitative estimate of drug-likeness (QED) is 0.764. The van der Waals surface area contributed by atoms with Gasteiger partial charge in [0.1, 0.15) is 0 Å². The average Bonchev–Trinajstić information content (AvgIpc) is 2.78. The molecule has 94 valence electrons. The summed E-state index contributed by atoms with van der Waals surface area (Å²) in [5, 5.41) is 0. The van der Waals surface area contributed by atoms with Crippen molar-refractivity contribution >= 4 is 17.3 Å². The Labute approximate surface area is 109 Å². The molecule has 3 heteroatoms. The highest BCUT2D eigenvalue weighted by atomic mass is 35.5. The molecule has 0 aliphatic carbocycles. The lowest BCUT2D eigenvalue weighted by Crippen LogP contribution is -2.31. The number of likely N-dealkylation sites (N-methyl/N-ethyl adjacent to an activating group) is 1. The average molecular weight is 253 g/mol. The third kappa shape index (κ3) is 2.75. The second-order valence-electron chi connectivity index (χ2n) is 5.11. The maximum atomic E-state index is 5.86. The van der Waals surface area contributed by atoms with E-state index < -0.39 is 0 Å². The van der Waals surface area contributed by atoms with Crippen LogP contribution in [0, 0.1) is 6.92 Å². The molecule has 0 spiro atoms. The Hall–Kier alpha value is -0.730. The van der Waals surface area contributed by atoms with Gasteiger partial charge in [-0.3, -0.25) is 0 Å². The molecule has 1 atom stereocenters. The first kappa shape index (κ1) is 12.7. The van der Waals surface area contributed by atoms with Crippen LogP contribution in [0.2, 0.25) is 0 Å². The number of aryl methyl sites for hydroxylation is 1. The van der Waals surface area contributed by atoms with Crippen LogP contribution in [0.3, 0.4) is 0 Å². The van der Waals surface area contributed by atoms with Crippen molar-refractivity contribution in [1.29, 1.82) is 0 Å². The molecule has 0 aromatic heterocycles. The second kappa shape index (κ2) is 5.28. The van der Waals surface area contributed by atoms with Gasteiger partial charge in [-0.05, 0) is 44.6 Å². The molecule has 0 saturated carbocycles. The number of hydrogen-bond acceptors (Lipinski definition) is 2. The number of benzene rings is 1. The van der Waals surface area contributed by atoms with Gasteiger partial charge in [0.2, 0.25) is 0 Å². The Kier molecular flexibility index (Phi) is 3.95. The normalized spacial score (nSPS) is 20.3. The summed E-state index contributed by atoms with van der Waals surface area (Å²) >= 11 is 5.86. The van der Waals surface area contributed by atoms with Crippen LogP contribution in [0.1, 0.15) is 17.5 Å². The first-order valence-electron chi connectivity index (χ1n) is 6.18. The van der Waals surface area contributed by atoms with Crippen molar-refractivity contribution in [3.63, 3.8) is 0 Å². The van der Waals surface area contributed by atoms with E-state index in [1.54, 1.807) is 0 Å². The van der Waals surface area contributed by atoms with Crippen molar-refractivity contribution in [1.82, 2.24) is 4.90 Å². The van der Waals surface area contributed by atoms with Gasteiger partial charge in [0.15, 0.2) is 0 Å². The molecule has 17 heavy (non-hydrogen) atoms. The predicted molar refractivity (Wildman–Crippen MR) is 75.0 cm³/mol. The molecule has 1 heterocycles. The summed E-state index contributed by atoms with van der Waals surface area (Å²) in [4.78, 5) is 4.81. The number of rotatable bonds is 3. The summed E-state index contributed by atoms with van der Waals surface area (Å²) in [5.41, 5.74) is 3.90. The van der Waals surface area contributed by atoms with E-state index in [9.17, 15) is 0 Å². The largest absolute Gasteiger partial charge is 0.370 e. The summed E-state index contributed by atoms with van der Waals surface area (Å²) in [7, 11) is 4.33. The van der Waals surface area contributed by atoms with Gasteiger partial charge in [0.25, 0.3) is 0 Å². The van der Waals surface area contributed by atoms with Crippen molar-refractivity contribution in [3.05, 3.63) is 29.3 Å². The monoisotopic (exact) mass is 252 g/mol. The zero-order chi connectivity index (χ0) is 12.4. The molecule has 1 aromatic carbocycles. The van der Waals surface area contributed by atoms with E-state index in [1.165, 1.54) is 23.2 Å². The lowest BCUT2D eigenvalue weighted by Gasteiger charge is -2.23. The van der Waals surface area contributed by atoms with E-state index in [1.807, 2.05) is 0 Å². The van der Waals surface area contributed by atoms with Gasteiger partial charge in [-0.1, -0.05) is 12.1 Å². The number of halogens is 1. The molecule has 0 N–H and O–H groups in total. The highest BCUT2D eigenvalue weighted by Crippen LogP contribution is 2.26. The van der Waals surface area contributed by atoms with Crippen molar-refractivity contribution < 1.29 is 0 Å². The van der Waals surface area contributed by atoms with Gasteiger partial charge in [-0.25, -0.2) is 0 Å².